The Kier molecular flexibility index (Phi) is 6.41. The van der Waals surface area contributed by atoms with Crippen LogP contribution in [0.1, 0.15) is 28.4 Å². The van der Waals surface area contributed by atoms with E-state index in [4.69, 9.17) is 4.74 Å². The number of benzene rings is 3. The predicted octanol–water partition coefficient (Wildman–Crippen LogP) is 4.15. The summed E-state index contributed by atoms with van der Waals surface area (Å²) in [7, 11) is 0. The normalized spacial score (nSPS) is 10.2. The summed E-state index contributed by atoms with van der Waals surface area (Å²) in [5.74, 6) is 0.470. The van der Waals surface area contributed by atoms with Crippen molar-refractivity contribution in [2.24, 2.45) is 0 Å². The van der Waals surface area contributed by atoms with Gasteiger partial charge in [-0.1, -0.05) is 48.5 Å². The molecule has 0 aliphatic carbocycles. The highest BCUT2D eigenvalue weighted by Crippen LogP contribution is 2.13. The number of hydrogen-bond acceptors (Lipinski definition) is 3. The first-order valence-electron chi connectivity index (χ1n) is 9.02. The van der Waals surface area contributed by atoms with Gasteiger partial charge in [-0.2, -0.15) is 0 Å². The van der Waals surface area contributed by atoms with Gasteiger partial charge in [-0.15, -0.1) is 0 Å². The zero-order valence-corrected chi connectivity index (χ0v) is 15.6. The first-order valence-corrected chi connectivity index (χ1v) is 9.02. The maximum atomic E-state index is 12.3. The van der Waals surface area contributed by atoms with E-state index in [-0.39, 0.29) is 11.8 Å². The average Bonchev–Trinajstić information content (AvgIpc) is 2.72. The van der Waals surface area contributed by atoms with Gasteiger partial charge in [0.25, 0.3) is 5.91 Å². The van der Waals surface area contributed by atoms with Crippen LogP contribution < -0.4 is 15.4 Å². The van der Waals surface area contributed by atoms with Crippen LogP contribution >= 0.6 is 0 Å². The van der Waals surface area contributed by atoms with Gasteiger partial charge >= 0.3 is 0 Å². The molecule has 0 spiro atoms. The molecule has 28 heavy (non-hydrogen) atoms. The van der Waals surface area contributed by atoms with Gasteiger partial charge < -0.3 is 15.4 Å². The number of rotatable bonds is 7. The molecule has 0 atom stereocenters. The summed E-state index contributed by atoms with van der Waals surface area (Å²) >= 11 is 0. The Hall–Kier alpha value is -3.60. The molecule has 0 aliphatic heterocycles. The Morgan fingerprint density at radius 3 is 2.29 bits per heavy atom. The lowest BCUT2D eigenvalue weighted by molar-refractivity contribution is -0.114. The van der Waals surface area contributed by atoms with Crippen molar-refractivity contribution in [1.82, 2.24) is 5.32 Å². The summed E-state index contributed by atoms with van der Waals surface area (Å²) in [6.45, 7) is 2.34. The lowest BCUT2D eigenvalue weighted by Crippen LogP contribution is -2.23. The van der Waals surface area contributed by atoms with Crippen LogP contribution in [0.3, 0.4) is 0 Å². The second kappa shape index (κ2) is 9.37. The molecule has 5 nitrogen and oxygen atoms in total. The van der Waals surface area contributed by atoms with Crippen molar-refractivity contribution >= 4 is 17.5 Å². The second-order valence-electron chi connectivity index (χ2n) is 6.36. The Balaban J connectivity index is 1.51. The van der Waals surface area contributed by atoms with Crippen LogP contribution in [0.4, 0.5) is 5.69 Å². The molecular formula is C23H22N2O3. The number of carbonyl (C=O) groups is 2. The van der Waals surface area contributed by atoms with E-state index in [9.17, 15) is 9.59 Å². The van der Waals surface area contributed by atoms with Gasteiger partial charge in [0, 0.05) is 24.7 Å². The van der Waals surface area contributed by atoms with E-state index in [0.29, 0.717) is 24.4 Å². The molecule has 3 aromatic rings. The molecule has 0 heterocycles. The number of carbonyl (C=O) groups excluding carboxylic acids is 2. The van der Waals surface area contributed by atoms with Crippen LogP contribution in [0.15, 0.2) is 78.9 Å². The van der Waals surface area contributed by atoms with E-state index in [1.54, 1.807) is 24.3 Å². The van der Waals surface area contributed by atoms with E-state index in [1.807, 2.05) is 54.6 Å². The van der Waals surface area contributed by atoms with E-state index >= 15 is 0 Å². The molecule has 0 radical (unpaired) electrons. The number of anilines is 1. The third kappa shape index (κ3) is 5.71. The highest BCUT2D eigenvalue weighted by molar-refractivity contribution is 5.96. The van der Waals surface area contributed by atoms with Crippen LogP contribution in [0.5, 0.6) is 5.75 Å². The third-order valence-corrected chi connectivity index (χ3v) is 4.07. The smallest absolute Gasteiger partial charge is 0.251 e. The number of ether oxygens (including phenoxy) is 1. The van der Waals surface area contributed by atoms with Crippen molar-refractivity contribution in [3.05, 3.63) is 95.6 Å². The van der Waals surface area contributed by atoms with Gasteiger partial charge in [0.1, 0.15) is 12.4 Å². The SMILES string of the molecule is CC(=O)Nc1cccc(C(=O)NCc2ccc(COc3ccccc3)cc2)c1. The summed E-state index contributed by atoms with van der Waals surface area (Å²) in [5.41, 5.74) is 3.15. The highest BCUT2D eigenvalue weighted by atomic mass is 16.5. The summed E-state index contributed by atoms with van der Waals surface area (Å²) in [4.78, 5) is 23.5. The van der Waals surface area contributed by atoms with Crippen molar-refractivity contribution in [2.45, 2.75) is 20.1 Å². The Morgan fingerprint density at radius 1 is 0.857 bits per heavy atom. The van der Waals surface area contributed by atoms with Crippen LogP contribution in [-0.4, -0.2) is 11.8 Å². The molecule has 3 rings (SSSR count). The van der Waals surface area contributed by atoms with Crippen LogP contribution in [-0.2, 0) is 17.9 Å². The second-order valence-corrected chi connectivity index (χ2v) is 6.36. The van der Waals surface area contributed by atoms with Gasteiger partial charge in [0.05, 0.1) is 0 Å². The summed E-state index contributed by atoms with van der Waals surface area (Å²) in [6, 6.07) is 24.4. The molecule has 0 bridgehead atoms. The fraction of sp³-hybridized carbons (Fsp3) is 0.130. The maximum Gasteiger partial charge on any atom is 0.251 e. The Labute approximate surface area is 164 Å². The standard InChI is InChI=1S/C23H22N2O3/c1-17(26)25-21-7-5-6-20(14-21)23(27)24-15-18-10-12-19(13-11-18)16-28-22-8-3-2-4-9-22/h2-14H,15-16H2,1H3,(H,24,27)(H,25,26). The molecule has 0 saturated heterocycles. The predicted molar refractivity (Wildman–Crippen MR) is 109 cm³/mol. The fourth-order valence-corrected chi connectivity index (χ4v) is 2.66. The largest absolute Gasteiger partial charge is 0.489 e. The van der Waals surface area contributed by atoms with Crippen molar-refractivity contribution in [2.75, 3.05) is 5.32 Å². The summed E-state index contributed by atoms with van der Waals surface area (Å²) in [5, 5.41) is 5.56. The molecule has 0 unspecified atom stereocenters. The van der Waals surface area contributed by atoms with E-state index in [1.165, 1.54) is 6.92 Å². The van der Waals surface area contributed by atoms with Crippen LogP contribution in [0, 0.1) is 0 Å². The summed E-state index contributed by atoms with van der Waals surface area (Å²) in [6.07, 6.45) is 0. The summed E-state index contributed by atoms with van der Waals surface area (Å²) < 4.78 is 5.73. The molecule has 2 amide bonds. The Morgan fingerprint density at radius 2 is 1.57 bits per heavy atom. The van der Waals surface area contributed by atoms with Gasteiger partial charge in [-0.25, -0.2) is 0 Å². The van der Waals surface area contributed by atoms with Crippen molar-refractivity contribution in [3.8, 4) is 5.75 Å². The number of para-hydroxylation sites is 1. The monoisotopic (exact) mass is 374 g/mol. The number of hydrogen-bond donors (Lipinski definition) is 2. The van der Waals surface area contributed by atoms with E-state index in [0.717, 1.165) is 16.9 Å². The third-order valence-electron chi connectivity index (χ3n) is 4.07. The molecule has 0 aliphatic rings. The van der Waals surface area contributed by atoms with Crippen LogP contribution in [0.25, 0.3) is 0 Å². The topological polar surface area (TPSA) is 67.4 Å². The zero-order valence-electron chi connectivity index (χ0n) is 15.6. The molecule has 2 N–H and O–H groups in total. The Bertz CT molecular complexity index is 938. The molecule has 3 aromatic carbocycles. The molecule has 0 saturated carbocycles. The van der Waals surface area contributed by atoms with Crippen molar-refractivity contribution < 1.29 is 14.3 Å². The van der Waals surface area contributed by atoms with Gasteiger partial charge in [-0.05, 0) is 41.5 Å². The van der Waals surface area contributed by atoms with Gasteiger partial charge in [0.15, 0.2) is 0 Å². The fourth-order valence-electron chi connectivity index (χ4n) is 2.66. The lowest BCUT2D eigenvalue weighted by Gasteiger charge is -2.09. The molecule has 0 fully saturated rings. The van der Waals surface area contributed by atoms with Gasteiger partial charge in [0.2, 0.25) is 5.91 Å². The average molecular weight is 374 g/mol. The van der Waals surface area contributed by atoms with Gasteiger partial charge in [-0.3, -0.25) is 9.59 Å². The van der Waals surface area contributed by atoms with Crippen LogP contribution in [0.2, 0.25) is 0 Å². The minimum absolute atomic E-state index is 0.172. The zero-order chi connectivity index (χ0) is 19.8. The molecular weight excluding hydrogens is 352 g/mol. The molecule has 0 aromatic heterocycles. The maximum absolute atomic E-state index is 12.3. The number of nitrogens with one attached hydrogen (secondary N) is 2. The quantitative estimate of drug-likeness (QED) is 0.653. The molecule has 142 valence electrons. The molecule has 5 heteroatoms. The van der Waals surface area contributed by atoms with E-state index in [2.05, 4.69) is 10.6 Å². The minimum atomic E-state index is -0.191. The first kappa shape index (κ1) is 19.2. The number of amides is 2. The first-order chi connectivity index (χ1) is 13.6. The van der Waals surface area contributed by atoms with Crippen molar-refractivity contribution in [1.29, 1.82) is 0 Å². The lowest BCUT2D eigenvalue weighted by atomic mass is 10.1. The van der Waals surface area contributed by atoms with Crippen molar-refractivity contribution in [3.63, 3.8) is 0 Å². The minimum Gasteiger partial charge on any atom is -0.489 e. The highest BCUT2D eigenvalue weighted by Gasteiger charge is 2.07. The van der Waals surface area contributed by atoms with E-state index < -0.39 is 0 Å².